The molecule has 10 heteroatoms. The number of halogens is 1. The van der Waals surface area contributed by atoms with Gasteiger partial charge >= 0.3 is 0 Å². The number of nitrogens with one attached hydrogen (secondary N) is 1. The van der Waals surface area contributed by atoms with Gasteiger partial charge in [0.25, 0.3) is 0 Å². The average molecular weight is 496 g/mol. The number of sulfonamides is 1. The SMILES string of the molecule is Cc1ccc2c(NS(=O)(=O)CC(C)(C)C)c(F)ccc2c1Oc1ncccc1-c1ccnc(N)n1. The molecular formula is C25H26FN5O3S. The predicted octanol–water partition coefficient (Wildman–Crippen LogP) is 5.30. The van der Waals surface area contributed by atoms with Gasteiger partial charge in [0, 0.05) is 23.2 Å². The lowest BCUT2D eigenvalue weighted by atomic mass is 10.0. The maximum absolute atomic E-state index is 14.9. The number of nitrogens with two attached hydrogens (primary N) is 1. The molecule has 0 saturated carbocycles. The molecule has 3 N–H and O–H groups in total. The number of aromatic nitrogens is 3. The molecule has 2 aromatic carbocycles. The molecule has 0 atom stereocenters. The van der Waals surface area contributed by atoms with Crippen molar-refractivity contribution in [2.75, 3.05) is 16.2 Å². The molecule has 0 fully saturated rings. The van der Waals surface area contributed by atoms with E-state index in [2.05, 4.69) is 19.7 Å². The van der Waals surface area contributed by atoms with Crippen LogP contribution in [0.25, 0.3) is 22.0 Å². The van der Waals surface area contributed by atoms with Gasteiger partial charge < -0.3 is 10.5 Å². The predicted molar refractivity (Wildman–Crippen MR) is 135 cm³/mol. The number of hydrogen-bond donors (Lipinski definition) is 2. The van der Waals surface area contributed by atoms with Gasteiger partial charge in [0.15, 0.2) is 0 Å². The van der Waals surface area contributed by atoms with Crippen molar-refractivity contribution in [2.24, 2.45) is 5.41 Å². The highest BCUT2D eigenvalue weighted by molar-refractivity contribution is 7.92. The summed E-state index contributed by atoms with van der Waals surface area (Å²) in [5.74, 6) is -0.0491. The third kappa shape index (κ3) is 5.48. The summed E-state index contributed by atoms with van der Waals surface area (Å²) in [5.41, 5.74) is 6.99. The second kappa shape index (κ2) is 9.10. The minimum Gasteiger partial charge on any atom is -0.437 e. The Morgan fingerprint density at radius 1 is 1.03 bits per heavy atom. The van der Waals surface area contributed by atoms with E-state index in [1.54, 1.807) is 63.4 Å². The first-order valence-corrected chi connectivity index (χ1v) is 12.5. The Labute approximate surface area is 203 Å². The topological polar surface area (TPSA) is 120 Å². The van der Waals surface area contributed by atoms with Gasteiger partial charge in [0.1, 0.15) is 11.6 Å². The lowest BCUT2D eigenvalue weighted by Crippen LogP contribution is -2.26. The lowest BCUT2D eigenvalue weighted by Gasteiger charge is -2.20. The fraction of sp³-hybridized carbons (Fsp3) is 0.240. The number of pyridine rings is 1. The summed E-state index contributed by atoms with van der Waals surface area (Å²) in [5, 5.41) is 0.894. The maximum atomic E-state index is 14.9. The quantitative estimate of drug-likeness (QED) is 0.372. The van der Waals surface area contributed by atoms with Gasteiger partial charge in [-0.1, -0.05) is 32.9 Å². The van der Waals surface area contributed by atoms with E-state index in [9.17, 15) is 12.8 Å². The molecule has 2 heterocycles. The van der Waals surface area contributed by atoms with Crippen molar-refractivity contribution in [3.8, 4) is 22.9 Å². The Kier molecular flexibility index (Phi) is 6.33. The van der Waals surface area contributed by atoms with Gasteiger partial charge in [-0.2, -0.15) is 0 Å². The molecule has 0 amide bonds. The van der Waals surface area contributed by atoms with Gasteiger partial charge in [-0.05, 0) is 48.2 Å². The summed E-state index contributed by atoms with van der Waals surface area (Å²) in [6, 6.07) is 11.4. The van der Waals surface area contributed by atoms with E-state index < -0.39 is 21.3 Å². The highest BCUT2D eigenvalue weighted by Crippen LogP contribution is 2.39. The van der Waals surface area contributed by atoms with Crippen LogP contribution in [0.15, 0.2) is 54.9 Å². The van der Waals surface area contributed by atoms with E-state index in [-0.39, 0.29) is 23.3 Å². The lowest BCUT2D eigenvalue weighted by molar-refractivity contribution is 0.463. The van der Waals surface area contributed by atoms with E-state index in [0.717, 1.165) is 5.56 Å². The molecule has 0 aliphatic carbocycles. The van der Waals surface area contributed by atoms with Gasteiger partial charge in [-0.15, -0.1) is 0 Å². The number of hydrogen-bond acceptors (Lipinski definition) is 7. The zero-order valence-corrected chi connectivity index (χ0v) is 20.6. The Hall–Kier alpha value is -3.79. The third-order valence-corrected chi connectivity index (χ3v) is 6.86. The Morgan fingerprint density at radius 2 is 1.77 bits per heavy atom. The van der Waals surface area contributed by atoms with Crippen LogP contribution in [0, 0.1) is 18.2 Å². The van der Waals surface area contributed by atoms with Crippen molar-refractivity contribution < 1.29 is 17.5 Å². The number of aryl methyl sites for hydroxylation is 1. The number of rotatable bonds is 6. The van der Waals surface area contributed by atoms with Crippen LogP contribution in [0.5, 0.6) is 11.6 Å². The minimum atomic E-state index is -3.80. The van der Waals surface area contributed by atoms with Crippen LogP contribution in [-0.2, 0) is 10.0 Å². The van der Waals surface area contributed by atoms with E-state index in [1.165, 1.54) is 12.3 Å². The highest BCUT2D eigenvalue weighted by atomic mass is 32.2. The molecule has 4 rings (SSSR count). The third-order valence-electron chi connectivity index (χ3n) is 5.10. The second-order valence-electron chi connectivity index (χ2n) is 9.41. The first kappa shape index (κ1) is 24.3. The molecule has 35 heavy (non-hydrogen) atoms. The highest BCUT2D eigenvalue weighted by Gasteiger charge is 2.24. The Balaban J connectivity index is 1.81. The zero-order valence-electron chi connectivity index (χ0n) is 19.8. The summed E-state index contributed by atoms with van der Waals surface area (Å²) < 4.78 is 49.0. The minimum absolute atomic E-state index is 0.112. The largest absolute Gasteiger partial charge is 0.437 e. The van der Waals surface area contributed by atoms with Gasteiger partial charge in [0.2, 0.25) is 21.9 Å². The molecule has 8 nitrogen and oxygen atoms in total. The van der Waals surface area contributed by atoms with Crippen LogP contribution in [0.3, 0.4) is 0 Å². The molecule has 0 aliphatic heterocycles. The van der Waals surface area contributed by atoms with Crippen LogP contribution in [0.4, 0.5) is 16.0 Å². The molecular weight excluding hydrogens is 469 g/mol. The number of anilines is 2. The Bertz CT molecular complexity index is 1520. The fourth-order valence-electron chi connectivity index (χ4n) is 3.75. The number of nitrogen functional groups attached to an aromatic ring is 1. The summed E-state index contributed by atoms with van der Waals surface area (Å²) in [7, 11) is -3.80. The number of benzene rings is 2. The van der Waals surface area contributed by atoms with Crippen LogP contribution < -0.4 is 15.2 Å². The number of fused-ring (bicyclic) bond motifs is 1. The summed E-state index contributed by atoms with van der Waals surface area (Å²) >= 11 is 0. The molecule has 0 bridgehead atoms. The van der Waals surface area contributed by atoms with Crippen LogP contribution in [0.2, 0.25) is 0 Å². The summed E-state index contributed by atoms with van der Waals surface area (Å²) in [6.07, 6.45) is 3.12. The molecule has 2 aromatic heterocycles. The van der Waals surface area contributed by atoms with Crippen molar-refractivity contribution in [1.82, 2.24) is 15.0 Å². The molecule has 182 valence electrons. The summed E-state index contributed by atoms with van der Waals surface area (Å²) in [6.45, 7) is 7.25. The first-order chi connectivity index (χ1) is 16.4. The Morgan fingerprint density at radius 3 is 2.49 bits per heavy atom. The van der Waals surface area contributed by atoms with Crippen molar-refractivity contribution in [1.29, 1.82) is 0 Å². The summed E-state index contributed by atoms with van der Waals surface area (Å²) in [4.78, 5) is 12.5. The maximum Gasteiger partial charge on any atom is 0.233 e. The second-order valence-corrected chi connectivity index (χ2v) is 11.1. The van der Waals surface area contributed by atoms with E-state index >= 15 is 0 Å². The molecule has 4 aromatic rings. The molecule has 0 unspecified atom stereocenters. The molecule has 0 aliphatic rings. The van der Waals surface area contributed by atoms with Gasteiger partial charge in [-0.25, -0.2) is 27.8 Å². The van der Waals surface area contributed by atoms with E-state index in [4.69, 9.17) is 10.5 Å². The van der Waals surface area contributed by atoms with E-state index in [0.29, 0.717) is 27.8 Å². The normalized spacial score (nSPS) is 12.0. The zero-order chi connectivity index (χ0) is 25.4. The standard InChI is InChI=1S/C25H26FN5O3S/c1-15-7-8-16-17(9-10-19(26)21(16)31-35(32,33)14-25(2,3)4)22(15)34-23-18(6-5-12-28-23)20-11-13-29-24(27)30-20/h5-13,31H,14H2,1-4H3,(H2,27,29,30). The fourth-order valence-corrected chi connectivity index (χ4v) is 5.48. The van der Waals surface area contributed by atoms with Crippen molar-refractivity contribution in [3.05, 3.63) is 66.2 Å². The van der Waals surface area contributed by atoms with E-state index in [1.807, 2.05) is 6.92 Å². The monoisotopic (exact) mass is 495 g/mol. The van der Waals surface area contributed by atoms with Gasteiger partial charge in [-0.3, -0.25) is 4.72 Å². The van der Waals surface area contributed by atoms with Crippen molar-refractivity contribution >= 4 is 32.4 Å². The molecule has 0 spiro atoms. The average Bonchev–Trinajstić information content (AvgIpc) is 2.76. The van der Waals surface area contributed by atoms with Crippen molar-refractivity contribution in [3.63, 3.8) is 0 Å². The molecule has 0 radical (unpaired) electrons. The van der Waals surface area contributed by atoms with Crippen LogP contribution >= 0.6 is 0 Å². The van der Waals surface area contributed by atoms with Gasteiger partial charge in [0.05, 0.1) is 22.7 Å². The first-order valence-electron chi connectivity index (χ1n) is 10.9. The van der Waals surface area contributed by atoms with Crippen LogP contribution in [0.1, 0.15) is 26.3 Å². The van der Waals surface area contributed by atoms with Crippen LogP contribution in [-0.4, -0.2) is 29.1 Å². The number of nitrogens with zero attached hydrogens (tertiary/aromatic N) is 3. The molecule has 0 saturated heterocycles. The number of ether oxygens (including phenoxy) is 1. The smallest absolute Gasteiger partial charge is 0.233 e. The van der Waals surface area contributed by atoms with Crippen molar-refractivity contribution in [2.45, 2.75) is 27.7 Å².